The van der Waals surface area contributed by atoms with Gasteiger partial charge in [0.25, 0.3) is 0 Å². The number of benzene rings is 1. The lowest BCUT2D eigenvalue weighted by Gasteiger charge is -2.40. The smallest absolute Gasteiger partial charge is 0.150 e. The molecule has 0 radical (unpaired) electrons. The molecule has 1 aromatic heterocycles. The molecule has 6 nitrogen and oxygen atoms in total. The summed E-state index contributed by atoms with van der Waals surface area (Å²) in [6, 6.07) is 13.4. The van der Waals surface area contributed by atoms with Gasteiger partial charge in [-0.3, -0.25) is 9.58 Å². The van der Waals surface area contributed by atoms with Gasteiger partial charge in [-0.05, 0) is 18.4 Å². The molecule has 2 aliphatic rings. The average Bonchev–Trinajstić information content (AvgIpc) is 3.26. The molecule has 1 N–H and O–H groups in total. The predicted octanol–water partition coefficient (Wildman–Crippen LogP) is 3.50. The van der Waals surface area contributed by atoms with Gasteiger partial charge in [0.05, 0.1) is 19.8 Å². The fourth-order valence-electron chi connectivity index (χ4n) is 3.78. The molecule has 0 unspecified atom stereocenters. The summed E-state index contributed by atoms with van der Waals surface area (Å²) in [5.41, 5.74) is 1.29. The number of anilines is 1. The van der Waals surface area contributed by atoms with Crippen molar-refractivity contribution in [1.82, 2.24) is 14.7 Å². The summed E-state index contributed by atoms with van der Waals surface area (Å²) >= 11 is 0. The third kappa shape index (κ3) is 7.46. The fraction of sp³-hybridized carbons (Fsp3) is 0.609. The molecule has 4 rings (SSSR count). The van der Waals surface area contributed by atoms with Crippen LogP contribution in [0.4, 0.5) is 5.82 Å². The van der Waals surface area contributed by atoms with Crippen LogP contribution in [0.5, 0.6) is 0 Å². The molecule has 2 saturated heterocycles. The third-order valence-corrected chi connectivity index (χ3v) is 5.16. The maximum Gasteiger partial charge on any atom is 0.150 e. The van der Waals surface area contributed by atoms with E-state index in [0.29, 0.717) is 0 Å². The second kappa shape index (κ2) is 14.1. The van der Waals surface area contributed by atoms with Gasteiger partial charge in [0, 0.05) is 51.6 Å². The number of rotatable bonds is 4. The van der Waals surface area contributed by atoms with Crippen LogP contribution >= 0.6 is 0 Å². The van der Waals surface area contributed by atoms with Crippen LogP contribution in [0.1, 0.15) is 39.7 Å². The monoisotopic (exact) mass is 404 g/mol. The number of aliphatic hydroxyl groups is 1. The van der Waals surface area contributed by atoms with Crippen molar-refractivity contribution in [3.8, 4) is 0 Å². The molecule has 2 aliphatic heterocycles. The van der Waals surface area contributed by atoms with Crippen molar-refractivity contribution in [3.63, 3.8) is 0 Å². The first kappa shape index (κ1) is 25.1. The Kier molecular flexibility index (Phi) is 12.3. The quantitative estimate of drug-likeness (QED) is 0.845. The number of aliphatic hydroxyl groups excluding tert-OH is 1. The van der Waals surface area contributed by atoms with E-state index in [1.807, 2.05) is 18.5 Å². The topological polar surface area (TPSA) is 53.8 Å². The Morgan fingerprint density at radius 2 is 1.59 bits per heavy atom. The molecule has 0 aliphatic carbocycles. The number of aromatic nitrogens is 2. The van der Waals surface area contributed by atoms with Crippen LogP contribution in [-0.4, -0.2) is 72.3 Å². The molecule has 6 heteroatoms. The minimum absolute atomic E-state index is 0. The highest BCUT2D eigenvalue weighted by atomic mass is 16.5. The SMILES string of the molecule is C.CC.CO.c1ccc(Cn2ccc(N3CCC(N4CCOCC4)CC3)n2)cc1. The van der Waals surface area contributed by atoms with Gasteiger partial charge in [-0.2, -0.15) is 5.10 Å². The van der Waals surface area contributed by atoms with Crippen molar-refractivity contribution in [3.05, 3.63) is 48.2 Å². The predicted molar refractivity (Wildman–Crippen MR) is 122 cm³/mol. The van der Waals surface area contributed by atoms with Crippen molar-refractivity contribution >= 4 is 5.82 Å². The third-order valence-electron chi connectivity index (χ3n) is 5.16. The Bertz CT molecular complexity index is 633. The van der Waals surface area contributed by atoms with E-state index in [-0.39, 0.29) is 7.43 Å². The number of morpholine rings is 1. The lowest BCUT2D eigenvalue weighted by Crippen LogP contribution is -2.49. The first-order valence-electron chi connectivity index (χ1n) is 10.5. The van der Waals surface area contributed by atoms with E-state index in [9.17, 15) is 0 Å². The van der Waals surface area contributed by atoms with E-state index in [1.54, 1.807) is 0 Å². The molecular formula is C23H40N4O2. The lowest BCUT2D eigenvalue weighted by atomic mass is 10.0. The molecule has 0 amide bonds. The highest BCUT2D eigenvalue weighted by Crippen LogP contribution is 2.22. The normalized spacial score (nSPS) is 17.3. The molecule has 0 spiro atoms. The molecular weight excluding hydrogens is 364 g/mol. The lowest BCUT2D eigenvalue weighted by molar-refractivity contribution is 0.0114. The summed E-state index contributed by atoms with van der Waals surface area (Å²) < 4.78 is 7.51. The van der Waals surface area contributed by atoms with Gasteiger partial charge in [0.1, 0.15) is 0 Å². The Balaban J connectivity index is 0.000000794. The standard InChI is InChI=1S/C19H26N4O.C2H6.CH4O.CH4/c1-2-4-17(5-3-1)16-23-11-8-19(20-23)22-9-6-18(7-10-22)21-12-14-24-15-13-21;2*1-2;/h1-5,8,11,18H,6-7,9-10,12-16H2;1-2H3;2H,1H3;1H4. The summed E-state index contributed by atoms with van der Waals surface area (Å²) in [6.45, 7) is 11.0. The minimum Gasteiger partial charge on any atom is -0.400 e. The average molecular weight is 405 g/mol. The maximum absolute atomic E-state index is 7.00. The molecule has 0 saturated carbocycles. The zero-order valence-corrected chi connectivity index (χ0v) is 17.6. The van der Waals surface area contributed by atoms with Gasteiger partial charge in [-0.1, -0.05) is 51.6 Å². The highest BCUT2D eigenvalue weighted by molar-refractivity contribution is 5.37. The van der Waals surface area contributed by atoms with Crippen LogP contribution < -0.4 is 4.90 Å². The van der Waals surface area contributed by atoms with E-state index in [1.165, 1.54) is 18.4 Å². The van der Waals surface area contributed by atoms with Gasteiger partial charge in [0.2, 0.25) is 0 Å². The summed E-state index contributed by atoms with van der Waals surface area (Å²) in [5.74, 6) is 1.12. The maximum atomic E-state index is 7.00. The van der Waals surface area contributed by atoms with Gasteiger partial charge in [0.15, 0.2) is 5.82 Å². The van der Waals surface area contributed by atoms with E-state index >= 15 is 0 Å². The fourth-order valence-corrected chi connectivity index (χ4v) is 3.78. The van der Waals surface area contributed by atoms with Gasteiger partial charge in [-0.15, -0.1) is 0 Å². The van der Waals surface area contributed by atoms with E-state index in [4.69, 9.17) is 14.9 Å². The van der Waals surface area contributed by atoms with Crippen molar-refractivity contribution < 1.29 is 9.84 Å². The Labute approximate surface area is 177 Å². The number of piperidine rings is 1. The second-order valence-electron chi connectivity index (χ2n) is 6.72. The molecule has 164 valence electrons. The van der Waals surface area contributed by atoms with Crippen LogP contribution in [-0.2, 0) is 11.3 Å². The Hall–Kier alpha value is -1.89. The molecule has 0 atom stereocenters. The molecule has 1 aromatic carbocycles. The molecule has 3 heterocycles. The highest BCUT2D eigenvalue weighted by Gasteiger charge is 2.26. The van der Waals surface area contributed by atoms with E-state index < -0.39 is 0 Å². The molecule has 29 heavy (non-hydrogen) atoms. The van der Waals surface area contributed by atoms with Crippen molar-refractivity contribution in [2.45, 2.75) is 46.7 Å². The van der Waals surface area contributed by atoms with Crippen LogP contribution in [0.25, 0.3) is 0 Å². The van der Waals surface area contributed by atoms with Crippen LogP contribution in [0.2, 0.25) is 0 Å². The molecule has 0 bridgehead atoms. The Morgan fingerprint density at radius 3 is 2.21 bits per heavy atom. The number of ether oxygens (including phenoxy) is 1. The summed E-state index contributed by atoms with van der Waals surface area (Å²) in [5, 5.41) is 11.8. The van der Waals surface area contributed by atoms with Gasteiger partial charge < -0.3 is 14.7 Å². The van der Waals surface area contributed by atoms with Crippen molar-refractivity contribution in [2.75, 3.05) is 51.4 Å². The number of hydrogen-bond acceptors (Lipinski definition) is 5. The Morgan fingerprint density at radius 1 is 0.966 bits per heavy atom. The molecule has 2 aromatic rings. The van der Waals surface area contributed by atoms with Gasteiger partial charge >= 0.3 is 0 Å². The largest absolute Gasteiger partial charge is 0.400 e. The first-order valence-corrected chi connectivity index (χ1v) is 10.5. The zero-order chi connectivity index (χ0) is 20.2. The van der Waals surface area contributed by atoms with E-state index in [2.05, 4.69) is 52.4 Å². The van der Waals surface area contributed by atoms with Gasteiger partial charge in [-0.25, -0.2) is 0 Å². The summed E-state index contributed by atoms with van der Waals surface area (Å²) in [7, 11) is 1.00. The zero-order valence-electron chi connectivity index (χ0n) is 17.6. The minimum atomic E-state index is 0. The number of nitrogens with zero attached hydrogens (tertiary/aromatic N) is 4. The van der Waals surface area contributed by atoms with Crippen LogP contribution in [0.15, 0.2) is 42.6 Å². The summed E-state index contributed by atoms with van der Waals surface area (Å²) in [6.07, 6.45) is 4.55. The van der Waals surface area contributed by atoms with Crippen LogP contribution in [0, 0.1) is 0 Å². The molecule has 2 fully saturated rings. The van der Waals surface area contributed by atoms with Crippen molar-refractivity contribution in [2.24, 2.45) is 0 Å². The van der Waals surface area contributed by atoms with E-state index in [0.717, 1.165) is 64.9 Å². The summed E-state index contributed by atoms with van der Waals surface area (Å²) in [4.78, 5) is 5.04. The van der Waals surface area contributed by atoms with Crippen LogP contribution in [0.3, 0.4) is 0 Å². The first-order chi connectivity index (χ1) is 13.9. The van der Waals surface area contributed by atoms with Crippen molar-refractivity contribution in [1.29, 1.82) is 0 Å². The second-order valence-corrected chi connectivity index (χ2v) is 6.72. The number of hydrogen-bond donors (Lipinski definition) is 1.